The van der Waals surface area contributed by atoms with Gasteiger partial charge in [-0.3, -0.25) is 14.4 Å². The summed E-state index contributed by atoms with van der Waals surface area (Å²) in [6, 6.07) is 20.8. The molecule has 0 heterocycles. The number of ether oxygens (including phenoxy) is 1. The molecule has 3 amide bonds. The number of hydrogen-bond donors (Lipinski definition) is 3. The van der Waals surface area contributed by atoms with Crippen LogP contribution in [-0.4, -0.2) is 43.0 Å². The Hall–Kier alpha value is -3.87. The first-order chi connectivity index (χ1) is 17.0. The molecule has 3 N–H and O–H groups in total. The van der Waals surface area contributed by atoms with E-state index in [0.29, 0.717) is 24.2 Å². The van der Waals surface area contributed by atoms with Gasteiger partial charge in [0.15, 0.2) is 0 Å². The average molecular weight is 474 g/mol. The summed E-state index contributed by atoms with van der Waals surface area (Å²) in [7, 11) is 0. The molecule has 35 heavy (non-hydrogen) atoms. The van der Waals surface area contributed by atoms with Crippen molar-refractivity contribution in [2.75, 3.05) is 13.1 Å². The summed E-state index contributed by atoms with van der Waals surface area (Å²) < 4.78 is 6.05. The summed E-state index contributed by atoms with van der Waals surface area (Å²) in [5, 5.41) is 10.7. The number of fused-ring (bicyclic) bond motifs is 1. The molecule has 1 saturated carbocycles. The van der Waals surface area contributed by atoms with E-state index in [9.17, 15) is 14.4 Å². The predicted octanol–water partition coefficient (Wildman–Crippen LogP) is 3.83. The van der Waals surface area contributed by atoms with Crippen molar-refractivity contribution in [2.45, 2.75) is 44.8 Å². The fourth-order valence-electron chi connectivity index (χ4n) is 4.38. The zero-order chi connectivity index (χ0) is 24.6. The van der Waals surface area contributed by atoms with Gasteiger partial charge in [-0.05, 0) is 72.9 Å². The number of nitrogens with one attached hydrogen (secondary N) is 3. The SMILES string of the molecule is CC(=O)NC1CCC(Oc2ccc(C(=O)NCCNC(=O)c3ccc4ccccc4c3)cc2)CC1. The van der Waals surface area contributed by atoms with Crippen LogP contribution in [0, 0.1) is 0 Å². The zero-order valence-electron chi connectivity index (χ0n) is 19.9. The van der Waals surface area contributed by atoms with Gasteiger partial charge in [0.1, 0.15) is 5.75 Å². The minimum absolute atomic E-state index is 0.00976. The van der Waals surface area contributed by atoms with E-state index < -0.39 is 0 Å². The Morgan fingerprint density at radius 3 is 2.03 bits per heavy atom. The van der Waals surface area contributed by atoms with E-state index in [1.54, 1.807) is 37.3 Å². The summed E-state index contributed by atoms with van der Waals surface area (Å²) >= 11 is 0. The van der Waals surface area contributed by atoms with E-state index in [4.69, 9.17) is 4.74 Å². The van der Waals surface area contributed by atoms with Crippen LogP contribution in [-0.2, 0) is 4.79 Å². The standard InChI is InChI=1S/C28H31N3O4/c1-19(32)31-24-10-14-26(15-11-24)35-25-12-8-21(9-13-25)27(33)29-16-17-30-28(34)23-7-6-20-4-2-3-5-22(20)18-23/h2-9,12-13,18,24,26H,10-11,14-17H2,1H3,(H,29,33)(H,30,34)(H,31,32). The van der Waals surface area contributed by atoms with E-state index in [2.05, 4.69) is 16.0 Å². The topological polar surface area (TPSA) is 96.5 Å². The van der Waals surface area contributed by atoms with Gasteiger partial charge in [-0.2, -0.15) is 0 Å². The highest BCUT2D eigenvalue weighted by atomic mass is 16.5. The van der Waals surface area contributed by atoms with Gasteiger partial charge in [0.05, 0.1) is 6.10 Å². The largest absolute Gasteiger partial charge is 0.490 e. The van der Waals surface area contributed by atoms with Gasteiger partial charge in [-0.25, -0.2) is 0 Å². The molecule has 3 aromatic rings. The van der Waals surface area contributed by atoms with E-state index in [0.717, 1.165) is 42.2 Å². The maximum absolute atomic E-state index is 12.4. The quantitative estimate of drug-likeness (QED) is 0.433. The van der Waals surface area contributed by atoms with E-state index in [-0.39, 0.29) is 29.9 Å². The minimum Gasteiger partial charge on any atom is -0.490 e. The molecule has 1 aliphatic carbocycles. The maximum Gasteiger partial charge on any atom is 0.251 e. The lowest BCUT2D eigenvalue weighted by molar-refractivity contribution is -0.120. The first-order valence-corrected chi connectivity index (χ1v) is 12.1. The molecule has 0 saturated heterocycles. The Bertz CT molecular complexity index is 1180. The third kappa shape index (κ3) is 6.82. The molecule has 0 aliphatic heterocycles. The van der Waals surface area contributed by atoms with Crippen LogP contribution in [0.5, 0.6) is 5.75 Å². The number of amides is 3. The number of carbonyl (C=O) groups excluding carboxylic acids is 3. The molecule has 0 aromatic heterocycles. The molecule has 7 nitrogen and oxygen atoms in total. The molecule has 0 atom stereocenters. The van der Waals surface area contributed by atoms with Crippen LogP contribution in [0.4, 0.5) is 0 Å². The Kier molecular flexibility index (Phi) is 7.98. The van der Waals surface area contributed by atoms with Crippen LogP contribution >= 0.6 is 0 Å². The summed E-state index contributed by atoms with van der Waals surface area (Å²) in [5.41, 5.74) is 1.13. The van der Waals surface area contributed by atoms with Crippen molar-refractivity contribution in [3.63, 3.8) is 0 Å². The maximum atomic E-state index is 12.4. The summed E-state index contributed by atoms with van der Waals surface area (Å²) in [4.78, 5) is 36.0. The first kappa shape index (κ1) is 24.3. The Morgan fingerprint density at radius 2 is 1.37 bits per heavy atom. The monoisotopic (exact) mass is 473 g/mol. The lowest BCUT2D eigenvalue weighted by Crippen LogP contribution is -2.38. The third-order valence-electron chi connectivity index (χ3n) is 6.21. The van der Waals surface area contributed by atoms with Gasteiger partial charge in [-0.1, -0.05) is 30.3 Å². The van der Waals surface area contributed by atoms with Crippen molar-refractivity contribution in [2.24, 2.45) is 0 Å². The Labute approximate surface area is 205 Å². The fraction of sp³-hybridized carbons (Fsp3) is 0.321. The van der Waals surface area contributed by atoms with E-state index >= 15 is 0 Å². The van der Waals surface area contributed by atoms with Gasteiger partial charge in [0, 0.05) is 37.2 Å². The molecule has 1 aliphatic rings. The van der Waals surface area contributed by atoms with Crippen molar-refractivity contribution in [3.8, 4) is 5.75 Å². The number of hydrogen-bond acceptors (Lipinski definition) is 4. The van der Waals surface area contributed by atoms with Crippen LogP contribution in [0.2, 0.25) is 0 Å². The molecule has 0 unspecified atom stereocenters. The van der Waals surface area contributed by atoms with Crippen LogP contribution in [0.3, 0.4) is 0 Å². The zero-order valence-corrected chi connectivity index (χ0v) is 19.9. The molecular formula is C28H31N3O4. The van der Waals surface area contributed by atoms with Gasteiger partial charge in [0.25, 0.3) is 11.8 Å². The van der Waals surface area contributed by atoms with Gasteiger partial charge >= 0.3 is 0 Å². The Morgan fingerprint density at radius 1 is 0.771 bits per heavy atom. The van der Waals surface area contributed by atoms with Crippen LogP contribution in [0.1, 0.15) is 53.3 Å². The van der Waals surface area contributed by atoms with Crippen molar-refractivity contribution < 1.29 is 19.1 Å². The molecule has 182 valence electrons. The lowest BCUT2D eigenvalue weighted by Gasteiger charge is -2.29. The molecular weight excluding hydrogens is 442 g/mol. The van der Waals surface area contributed by atoms with Crippen LogP contribution in [0.15, 0.2) is 66.7 Å². The predicted molar refractivity (Wildman–Crippen MR) is 136 cm³/mol. The van der Waals surface area contributed by atoms with E-state index in [1.807, 2.05) is 36.4 Å². The van der Waals surface area contributed by atoms with Crippen LogP contribution < -0.4 is 20.7 Å². The second-order valence-corrected chi connectivity index (χ2v) is 8.89. The van der Waals surface area contributed by atoms with Gasteiger partial charge in [0.2, 0.25) is 5.91 Å². The normalized spacial score (nSPS) is 17.4. The second kappa shape index (κ2) is 11.5. The van der Waals surface area contributed by atoms with Crippen molar-refractivity contribution >= 4 is 28.5 Å². The average Bonchev–Trinajstić information content (AvgIpc) is 2.87. The number of rotatable bonds is 8. The minimum atomic E-state index is -0.202. The highest BCUT2D eigenvalue weighted by molar-refractivity contribution is 5.98. The molecule has 7 heteroatoms. The first-order valence-electron chi connectivity index (χ1n) is 12.1. The fourth-order valence-corrected chi connectivity index (χ4v) is 4.38. The van der Waals surface area contributed by atoms with Crippen molar-refractivity contribution in [3.05, 3.63) is 77.9 Å². The highest BCUT2D eigenvalue weighted by Gasteiger charge is 2.23. The second-order valence-electron chi connectivity index (χ2n) is 8.89. The third-order valence-corrected chi connectivity index (χ3v) is 6.21. The summed E-state index contributed by atoms with van der Waals surface area (Å²) in [5.74, 6) is 0.368. The number of benzene rings is 3. The lowest BCUT2D eigenvalue weighted by atomic mass is 9.93. The van der Waals surface area contributed by atoms with Crippen molar-refractivity contribution in [1.82, 2.24) is 16.0 Å². The summed E-state index contributed by atoms with van der Waals surface area (Å²) in [6.45, 7) is 2.20. The molecule has 0 bridgehead atoms. The molecule has 0 spiro atoms. The smallest absolute Gasteiger partial charge is 0.251 e. The molecule has 4 rings (SSSR count). The highest BCUT2D eigenvalue weighted by Crippen LogP contribution is 2.24. The summed E-state index contributed by atoms with van der Waals surface area (Å²) in [6.07, 6.45) is 3.70. The molecule has 3 aromatic carbocycles. The van der Waals surface area contributed by atoms with Gasteiger partial charge < -0.3 is 20.7 Å². The van der Waals surface area contributed by atoms with Gasteiger partial charge in [-0.15, -0.1) is 0 Å². The van der Waals surface area contributed by atoms with Crippen LogP contribution in [0.25, 0.3) is 10.8 Å². The molecule has 0 radical (unpaired) electrons. The molecule has 1 fully saturated rings. The number of carbonyl (C=O) groups is 3. The Balaban J connectivity index is 1.18. The van der Waals surface area contributed by atoms with Crippen molar-refractivity contribution in [1.29, 1.82) is 0 Å². The van der Waals surface area contributed by atoms with E-state index in [1.165, 1.54) is 0 Å².